The second-order valence-corrected chi connectivity index (χ2v) is 19.9. The number of Topliss-reactive ketones (excluding diaryl/α,β-unsaturated/α-hetero) is 1. The van der Waals surface area contributed by atoms with Gasteiger partial charge in [0.25, 0.3) is 0 Å². The Morgan fingerprint density at radius 3 is 2.13 bits per heavy atom. The van der Waals surface area contributed by atoms with Gasteiger partial charge in [-0.25, -0.2) is 4.79 Å². The Morgan fingerprint density at radius 1 is 0.846 bits per heavy atom. The fraction of sp³-hybridized carbons (Fsp3) is 0.400. The highest BCUT2D eigenvalue weighted by molar-refractivity contribution is 6.74. The zero-order valence-corrected chi connectivity index (χ0v) is 32.0. The summed E-state index contributed by atoms with van der Waals surface area (Å²) < 4.78 is 17.2. The Bertz CT molecular complexity index is 1880. The van der Waals surface area contributed by atoms with Gasteiger partial charge in [-0.1, -0.05) is 81.4 Å². The molecule has 0 aliphatic carbocycles. The minimum absolute atomic E-state index is 0.0331. The van der Waals surface area contributed by atoms with Crippen LogP contribution in [-0.2, 0) is 43.3 Å². The number of aromatic nitrogens is 1. The highest BCUT2D eigenvalue weighted by Gasteiger charge is 2.50. The molecule has 1 saturated heterocycles. The van der Waals surface area contributed by atoms with Crippen molar-refractivity contribution < 1.29 is 33.1 Å². The van der Waals surface area contributed by atoms with E-state index in [0.717, 1.165) is 33.3 Å². The lowest BCUT2D eigenvalue weighted by molar-refractivity contribution is -0.133. The molecule has 11 nitrogen and oxygen atoms in total. The first kappa shape index (κ1) is 38.3. The SMILES string of the molecule is C[C@@H](NC(=O)OCc1ccccc1)C(=O)N[C@@H](Cc1c[nH]c2ccccc12)C(=O)N[C@@H](Cc1ccc(O[Si](C)(C)C(C)(C)C)cc1)C(=O)[C@@]1(C)CO1. The third kappa shape index (κ3) is 9.68. The van der Waals surface area contributed by atoms with Gasteiger partial charge in [0.05, 0.1) is 12.6 Å². The molecule has 5 rings (SSSR count). The number of rotatable bonds is 15. The van der Waals surface area contributed by atoms with Gasteiger partial charge in [0.2, 0.25) is 20.1 Å². The Labute approximate surface area is 306 Å². The van der Waals surface area contributed by atoms with Gasteiger partial charge in [-0.3, -0.25) is 14.4 Å². The first-order valence-corrected chi connectivity index (χ1v) is 20.5. The van der Waals surface area contributed by atoms with E-state index in [9.17, 15) is 19.2 Å². The lowest BCUT2D eigenvalue weighted by Crippen LogP contribution is -2.57. The minimum Gasteiger partial charge on any atom is -0.544 e. The molecule has 3 aromatic carbocycles. The van der Waals surface area contributed by atoms with Gasteiger partial charge >= 0.3 is 6.09 Å². The van der Waals surface area contributed by atoms with Crippen LogP contribution < -0.4 is 20.4 Å². The second-order valence-electron chi connectivity index (χ2n) is 15.2. The number of carbonyl (C=O) groups excluding carboxylic acids is 4. The van der Waals surface area contributed by atoms with Crippen molar-refractivity contribution in [2.75, 3.05) is 6.61 Å². The molecule has 276 valence electrons. The van der Waals surface area contributed by atoms with Crippen molar-refractivity contribution >= 4 is 42.9 Å². The van der Waals surface area contributed by atoms with E-state index in [-0.39, 0.29) is 36.9 Å². The van der Waals surface area contributed by atoms with Crippen LogP contribution >= 0.6 is 0 Å². The van der Waals surface area contributed by atoms with Crippen LogP contribution in [0.5, 0.6) is 5.75 Å². The van der Waals surface area contributed by atoms with Gasteiger partial charge in [-0.2, -0.15) is 0 Å². The highest BCUT2D eigenvalue weighted by atomic mass is 28.4. The third-order valence-electron chi connectivity index (χ3n) is 9.95. The van der Waals surface area contributed by atoms with Crippen LogP contribution in [0, 0.1) is 0 Å². The number of hydrogen-bond donors (Lipinski definition) is 4. The van der Waals surface area contributed by atoms with Crippen LogP contribution in [0.25, 0.3) is 10.9 Å². The van der Waals surface area contributed by atoms with Gasteiger partial charge < -0.3 is 34.8 Å². The zero-order valence-electron chi connectivity index (χ0n) is 31.0. The van der Waals surface area contributed by atoms with Crippen molar-refractivity contribution in [3.8, 4) is 5.75 Å². The van der Waals surface area contributed by atoms with E-state index in [1.54, 1.807) is 13.1 Å². The molecule has 52 heavy (non-hydrogen) atoms. The van der Waals surface area contributed by atoms with Crippen molar-refractivity contribution in [2.45, 2.75) is 95.9 Å². The van der Waals surface area contributed by atoms with Gasteiger partial charge in [0, 0.05) is 23.5 Å². The van der Waals surface area contributed by atoms with E-state index in [1.807, 2.05) is 78.9 Å². The van der Waals surface area contributed by atoms with Gasteiger partial charge in [-0.15, -0.1) is 0 Å². The first-order chi connectivity index (χ1) is 24.5. The predicted molar refractivity (Wildman–Crippen MR) is 202 cm³/mol. The number of epoxide rings is 1. The number of H-pyrrole nitrogens is 1. The molecule has 0 saturated carbocycles. The molecule has 0 radical (unpaired) electrons. The van der Waals surface area contributed by atoms with Crippen LogP contribution in [0.2, 0.25) is 18.1 Å². The molecule has 0 unspecified atom stereocenters. The van der Waals surface area contributed by atoms with Crippen molar-refractivity contribution in [3.63, 3.8) is 0 Å². The zero-order chi connectivity index (χ0) is 37.7. The number of benzene rings is 3. The summed E-state index contributed by atoms with van der Waals surface area (Å²) in [5.41, 5.74) is 2.31. The molecule has 1 aliphatic heterocycles. The number of aromatic amines is 1. The summed E-state index contributed by atoms with van der Waals surface area (Å²) in [6.07, 6.45) is 1.37. The summed E-state index contributed by atoms with van der Waals surface area (Å²) in [5, 5.41) is 9.22. The summed E-state index contributed by atoms with van der Waals surface area (Å²) in [4.78, 5) is 57.1. The molecular weight excluding hydrogens is 677 g/mol. The van der Waals surface area contributed by atoms with Crippen LogP contribution in [0.4, 0.5) is 4.79 Å². The fourth-order valence-electron chi connectivity index (χ4n) is 5.51. The van der Waals surface area contributed by atoms with Gasteiger partial charge in [-0.05, 0) is 73.3 Å². The number of amides is 3. The number of ketones is 1. The minimum atomic E-state index is -2.05. The van der Waals surface area contributed by atoms with E-state index < -0.39 is 50.0 Å². The quantitative estimate of drug-likeness (QED) is 0.0870. The lowest BCUT2D eigenvalue weighted by Gasteiger charge is -2.36. The van der Waals surface area contributed by atoms with E-state index in [2.05, 4.69) is 54.8 Å². The summed E-state index contributed by atoms with van der Waals surface area (Å²) in [6, 6.07) is 21.4. The van der Waals surface area contributed by atoms with Crippen LogP contribution in [-0.4, -0.2) is 67.3 Å². The molecule has 0 spiro atoms. The summed E-state index contributed by atoms with van der Waals surface area (Å²) >= 11 is 0. The first-order valence-electron chi connectivity index (χ1n) is 17.6. The number of carbonyl (C=O) groups is 4. The third-order valence-corrected chi connectivity index (χ3v) is 14.3. The number of ether oxygens (including phenoxy) is 2. The standard InChI is InChI=1S/C40H50N4O7Si/c1-26(42-38(48)49-24-28-13-9-8-10-14-28)36(46)44-34(22-29-23-41-32-16-12-11-15-31(29)32)37(47)43-33(35(45)40(5)25-50-40)21-27-17-19-30(20-18-27)51-52(6,7)39(2,3)4/h8-20,23,26,33-34,41H,21-22,24-25H2,1-7H3,(H,42,48)(H,43,47)(H,44,46)/t26-,33+,34+,40-/m1/s1. The van der Waals surface area contributed by atoms with Crippen molar-refractivity contribution in [3.05, 3.63) is 102 Å². The molecule has 4 atom stereocenters. The Hall–Kier alpha value is -4.94. The van der Waals surface area contributed by atoms with Gasteiger partial charge in [0.1, 0.15) is 30.0 Å². The van der Waals surface area contributed by atoms with Crippen LogP contribution in [0.15, 0.2) is 85.1 Å². The highest BCUT2D eigenvalue weighted by Crippen LogP contribution is 2.37. The Morgan fingerprint density at radius 2 is 1.48 bits per heavy atom. The molecule has 1 fully saturated rings. The maximum absolute atomic E-state index is 14.1. The van der Waals surface area contributed by atoms with E-state index in [0.29, 0.717) is 0 Å². The Kier molecular flexibility index (Phi) is 11.6. The number of para-hydroxylation sites is 1. The maximum Gasteiger partial charge on any atom is 0.408 e. The number of nitrogens with one attached hydrogen (secondary N) is 4. The van der Waals surface area contributed by atoms with Gasteiger partial charge in [0.15, 0.2) is 5.78 Å². The molecule has 4 aromatic rings. The van der Waals surface area contributed by atoms with Crippen molar-refractivity contribution in [1.29, 1.82) is 0 Å². The average molecular weight is 727 g/mol. The molecule has 0 bridgehead atoms. The lowest BCUT2D eigenvalue weighted by atomic mass is 9.94. The van der Waals surface area contributed by atoms with Crippen molar-refractivity contribution in [1.82, 2.24) is 20.9 Å². The molecule has 1 aliphatic rings. The number of alkyl carbamates (subject to hydrolysis) is 1. The normalized spacial score (nSPS) is 17.4. The van der Waals surface area contributed by atoms with E-state index in [1.165, 1.54) is 6.92 Å². The predicted octanol–water partition coefficient (Wildman–Crippen LogP) is 5.98. The monoisotopic (exact) mass is 726 g/mol. The van der Waals surface area contributed by atoms with Crippen LogP contribution in [0.3, 0.4) is 0 Å². The molecule has 4 N–H and O–H groups in total. The molecule has 3 amide bonds. The smallest absolute Gasteiger partial charge is 0.408 e. The molecule has 1 aromatic heterocycles. The number of fused-ring (bicyclic) bond motifs is 1. The average Bonchev–Trinajstić information content (AvgIpc) is 3.73. The van der Waals surface area contributed by atoms with E-state index >= 15 is 0 Å². The molecular formula is C40H50N4O7Si. The Balaban J connectivity index is 1.32. The second kappa shape index (κ2) is 15.7. The van der Waals surface area contributed by atoms with Crippen LogP contribution in [0.1, 0.15) is 51.3 Å². The van der Waals surface area contributed by atoms with E-state index in [4.69, 9.17) is 13.9 Å². The van der Waals surface area contributed by atoms with Crippen molar-refractivity contribution in [2.24, 2.45) is 0 Å². The largest absolute Gasteiger partial charge is 0.544 e. The fourth-order valence-corrected chi connectivity index (χ4v) is 6.54. The topological polar surface area (TPSA) is 151 Å². The summed E-state index contributed by atoms with van der Waals surface area (Å²) in [5.74, 6) is -0.629. The number of hydrogen-bond acceptors (Lipinski definition) is 7. The molecule has 12 heteroatoms. The maximum atomic E-state index is 14.1. The summed E-state index contributed by atoms with van der Waals surface area (Å²) in [6.45, 7) is 14.4. The molecule has 2 heterocycles. The summed E-state index contributed by atoms with van der Waals surface area (Å²) in [7, 11) is -2.05.